The highest BCUT2D eigenvalue weighted by molar-refractivity contribution is 5.92. The first kappa shape index (κ1) is 19.1. The van der Waals surface area contributed by atoms with Crippen molar-refractivity contribution < 1.29 is 4.74 Å². The normalized spacial score (nSPS) is 11.4. The number of aryl methyl sites for hydroxylation is 2. The van der Waals surface area contributed by atoms with Gasteiger partial charge in [0.15, 0.2) is 5.65 Å². The van der Waals surface area contributed by atoms with Gasteiger partial charge in [-0.15, -0.1) is 0 Å². The van der Waals surface area contributed by atoms with E-state index in [1.54, 1.807) is 17.7 Å². The predicted octanol–water partition coefficient (Wildman–Crippen LogP) is 3.26. The molecule has 2 aromatic heterocycles. The summed E-state index contributed by atoms with van der Waals surface area (Å²) in [6.45, 7) is 2.94. The standard InChI is InChI=1S/C23H23N3O3/c1-15-9-4-5-10-16(15)21-24-22-19(23(28)26(21)13-8-14-29-3)20(27)17-11-6-7-12-18(17)25(22)2/h4-7,9-12H,8,13-14H2,1-3H3. The molecule has 29 heavy (non-hydrogen) atoms. The molecule has 2 aromatic carbocycles. The molecule has 0 aliphatic rings. The number of fused-ring (bicyclic) bond motifs is 2. The lowest BCUT2D eigenvalue weighted by Gasteiger charge is -2.17. The number of benzene rings is 2. The lowest BCUT2D eigenvalue weighted by molar-refractivity contribution is 0.190. The smallest absolute Gasteiger partial charge is 0.267 e. The zero-order valence-electron chi connectivity index (χ0n) is 16.8. The molecular formula is C23H23N3O3. The summed E-state index contributed by atoms with van der Waals surface area (Å²) < 4.78 is 8.60. The van der Waals surface area contributed by atoms with Crippen LogP contribution in [0.5, 0.6) is 0 Å². The van der Waals surface area contributed by atoms with Crippen molar-refractivity contribution in [3.8, 4) is 11.4 Å². The minimum Gasteiger partial charge on any atom is -0.385 e. The van der Waals surface area contributed by atoms with E-state index in [-0.39, 0.29) is 16.4 Å². The average Bonchev–Trinajstić information content (AvgIpc) is 2.73. The van der Waals surface area contributed by atoms with Crippen LogP contribution in [0.4, 0.5) is 0 Å². The van der Waals surface area contributed by atoms with Crippen LogP contribution in [-0.4, -0.2) is 27.8 Å². The summed E-state index contributed by atoms with van der Waals surface area (Å²) in [5, 5.41) is 0.648. The third kappa shape index (κ3) is 3.15. The Labute approximate surface area is 168 Å². The molecule has 0 atom stereocenters. The van der Waals surface area contributed by atoms with Crippen LogP contribution in [0.25, 0.3) is 33.3 Å². The van der Waals surface area contributed by atoms with Gasteiger partial charge in [0.05, 0.1) is 5.52 Å². The number of hydrogen-bond donors (Lipinski definition) is 0. The first-order valence-corrected chi connectivity index (χ1v) is 9.61. The third-order valence-corrected chi connectivity index (χ3v) is 5.32. The second-order valence-electron chi connectivity index (χ2n) is 7.16. The van der Waals surface area contributed by atoms with Crippen LogP contribution in [0, 0.1) is 6.92 Å². The van der Waals surface area contributed by atoms with Gasteiger partial charge in [0.2, 0.25) is 5.43 Å². The largest absolute Gasteiger partial charge is 0.385 e. The van der Waals surface area contributed by atoms with Crippen LogP contribution >= 0.6 is 0 Å². The van der Waals surface area contributed by atoms with Crippen molar-refractivity contribution in [2.24, 2.45) is 7.05 Å². The predicted molar refractivity (Wildman–Crippen MR) is 115 cm³/mol. The Hall–Kier alpha value is -3.25. The van der Waals surface area contributed by atoms with Crippen molar-refractivity contribution in [1.29, 1.82) is 0 Å². The lowest BCUT2D eigenvalue weighted by atomic mass is 10.1. The van der Waals surface area contributed by atoms with Gasteiger partial charge in [-0.3, -0.25) is 14.2 Å². The molecule has 0 aliphatic carbocycles. The van der Waals surface area contributed by atoms with E-state index in [2.05, 4.69) is 0 Å². The van der Waals surface area contributed by atoms with Crippen molar-refractivity contribution in [2.75, 3.05) is 13.7 Å². The van der Waals surface area contributed by atoms with Crippen molar-refractivity contribution >= 4 is 21.9 Å². The molecule has 0 fully saturated rings. The quantitative estimate of drug-likeness (QED) is 0.388. The van der Waals surface area contributed by atoms with Gasteiger partial charge >= 0.3 is 0 Å². The number of aromatic nitrogens is 3. The molecule has 4 rings (SSSR count). The van der Waals surface area contributed by atoms with Crippen molar-refractivity contribution in [2.45, 2.75) is 19.9 Å². The summed E-state index contributed by atoms with van der Waals surface area (Å²) >= 11 is 0. The Kier molecular flexibility index (Phi) is 5.03. The van der Waals surface area contributed by atoms with Gasteiger partial charge in [0.25, 0.3) is 5.56 Å². The lowest BCUT2D eigenvalue weighted by Crippen LogP contribution is -2.29. The van der Waals surface area contributed by atoms with Gasteiger partial charge in [-0.25, -0.2) is 4.98 Å². The van der Waals surface area contributed by atoms with Gasteiger partial charge in [-0.1, -0.05) is 36.4 Å². The second-order valence-corrected chi connectivity index (χ2v) is 7.16. The maximum Gasteiger partial charge on any atom is 0.267 e. The van der Waals surface area contributed by atoms with Gasteiger partial charge < -0.3 is 9.30 Å². The minimum absolute atomic E-state index is 0.126. The molecule has 0 N–H and O–H groups in total. The third-order valence-electron chi connectivity index (χ3n) is 5.32. The highest BCUT2D eigenvalue weighted by Crippen LogP contribution is 2.23. The van der Waals surface area contributed by atoms with E-state index in [4.69, 9.17) is 9.72 Å². The van der Waals surface area contributed by atoms with Gasteiger partial charge in [-0.2, -0.15) is 0 Å². The molecule has 148 valence electrons. The van der Waals surface area contributed by atoms with E-state index in [0.717, 1.165) is 16.6 Å². The molecule has 6 heteroatoms. The number of para-hydroxylation sites is 1. The van der Waals surface area contributed by atoms with E-state index in [0.29, 0.717) is 36.4 Å². The van der Waals surface area contributed by atoms with Crippen molar-refractivity contribution in [3.63, 3.8) is 0 Å². The van der Waals surface area contributed by atoms with Crippen LogP contribution in [0.2, 0.25) is 0 Å². The Balaban J connectivity index is 2.13. The maximum absolute atomic E-state index is 13.5. The molecule has 0 aliphatic heterocycles. The molecular weight excluding hydrogens is 366 g/mol. The summed E-state index contributed by atoms with van der Waals surface area (Å²) in [7, 11) is 3.47. The van der Waals surface area contributed by atoms with Gasteiger partial charge in [0, 0.05) is 38.3 Å². The van der Waals surface area contributed by atoms with Crippen LogP contribution < -0.4 is 11.0 Å². The Bertz CT molecular complexity index is 1340. The number of pyridine rings is 1. The molecule has 6 nitrogen and oxygen atoms in total. The fourth-order valence-electron chi connectivity index (χ4n) is 3.80. The molecule has 0 spiro atoms. The molecule has 2 heterocycles. The first-order chi connectivity index (χ1) is 14.0. The Morgan fingerprint density at radius 3 is 2.52 bits per heavy atom. The molecule has 0 saturated carbocycles. The monoisotopic (exact) mass is 389 g/mol. The zero-order valence-corrected chi connectivity index (χ0v) is 16.8. The van der Waals surface area contributed by atoms with Crippen molar-refractivity contribution in [1.82, 2.24) is 14.1 Å². The molecule has 4 aromatic rings. The summed E-state index contributed by atoms with van der Waals surface area (Å²) in [4.78, 5) is 31.5. The Morgan fingerprint density at radius 2 is 1.76 bits per heavy atom. The molecule has 0 radical (unpaired) electrons. The van der Waals surface area contributed by atoms with E-state index in [1.165, 1.54) is 0 Å². The molecule has 0 saturated heterocycles. The first-order valence-electron chi connectivity index (χ1n) is 9.61. The number of methoxy groups -OCH3 is 1. The zero-order chi connectivity index (χ0) is 20.5. The van der Waals surface area contributed by atoms with Crippen molar-refractivity contribution in [3.05, 3.63) is 74.7 Å². The summed E-state index contributed by atoms with van der Waals surface area (Å²) in [6, 6.07) is 15.1. The van der Waals surface area contributed by atoms with Crippen LogP contribution in [0.15, 0.2) is 58.1 Å². The summed E-state index contributed by atoms with van der Waals surface area (Å²) in [6.07, 6.45) is 0.649. The Morgan fingerprint density at radius 1 is 1.03 bits per heavy atom. The number of hydrogen-bond acceptors (Lipinski definition) is 4. The summed E-state index contributed by atoms with van der Waals surface area (Å²) in [5.41, 5.74) is 2.47. The minimum atomic E-state index is -0.310. The fraction of sp³-hybridized carbons (Fsp3) is 0.261. The second kappa shape index (κ2) is 7.64. The number of nitrogens with zero attached hydrogens (tertiary/aromatic N) is 3. The van der Waals surface area contributed by atoms with Crippen LogP contribution in [0.3, 0.4) is 0 Å². The SMILES string of the molecule is COCCCn1c(-c2ccccc2C)nc2c(c(=O)c3ccccc3n2C)c1=O. The highest BCUT2D eigenvalue weighted by atomic mass is 16.5. The molecule has 0 amide bonds. The maximum atomic E-state index is 13.5. The van der Waals surface area contributed by atoms with Gasteiger partial charge in [-0.05, 0) is 31.0 Å². The molecule has 0 bridgehead atoms. The van der Waals surface area contributed by atoms with Crippen LogP contribution in [-0.2, 0) is 18.3 Å². The van der Waals surface area contributed by atoms with Crippen LogP contribution in [0.1, 0.15) is 12.0 Å². The van der Waals surface area contributed by atoms with E-state index < -0.39 is 0 Å². The van der Waals surface area contributed by atoms with E-state index in [9.17, 15) is 9.59 Å². The number of rotatable bonds is 5. The highest BCUT2D eigenvalue weighted by Gasteiger charge is 2.19. The van der Waals surface area contributed by atoms with Gasteiger partial charge in [0.1, 0.15) is 11.2 Å². The molecule has 0 unspecified atom stereocenters. The van der Waals surface area contributed by atoms with E-state index >= 15 is 0 Å². The van der Waals surface area contributed by atoms with E-state index in [1.807, 2.05) is 61.0 Å². The fourth-order valence-corrected chi connectivity index (χ4v) is 3.80. The number of ether oxygens (including phenoxy) is 1. The topological polar surface area (TPSA) is 66.1 Å². The summed E-state index contributed by atoms with van der Waals surface area (Å²) in [5.74, 6) is 0.571. The average molecular weight is 389 g/mol.